The lowest BCUT2D eigenvalue weighted by atomic mass is 10.0. The zero-order valence-electron chi connectivity index (χ0n) is 11.5. The standard InChI is InChI=1S/C17H22N2/c1-2-18-17(14-16-10-6-7-13-19-16)12-11-15-8-4-3-5-9-15/h3-10,13,17-18H,2,11-12,14H2,1H3. The quantitative estimate of drug-likeness (QED) is 0.820. The lowest BCUT2D eigenvalue weighted by Gasteiger charge is -2.17. The number of aryl methyl sites for hydroxylation is 1. The summed E-state index contributed by atoms with van der Waals surface area (Å²) in [6.07, 6.45) is 5.14. The smallest absolute Gasteiger partial charge is 0.0419 e. The number of hydrogen-bond acceptors (Lipinski definition) is 2. The largest absolute Gasteiger partial charge is 0.314 e. The van der Waals surface area contributed by atoms with Crippen LogP contribution in [0.4, 0.5) is 0 Å². The summed E-state index contributed by atoms with van der Waals surface area (Å²) >= 11 is 0. The summed E-state index contributed by atoms with van der Waals surface area (Å²) in [5.41, 5.74) is 2.58. The molecular formula is C17H22N2. The molecule has 0 aliphatic carbocycles. The highest BCUT2D eigenvalue weighted by Crippen LogP contribution is 2.08. The van der Waals surface area contributed by atoms with Gasteiger partial charge < -0.3 is 5.32 Å². The molecule has 0 amide bonds. The summed E-state index contributed by atoms with van der Waals surface area (Å²) in [4.78, 5) is 4.42. The predicted molar refractivity (Wildman–Crippen MR) is 80.2 cm³/mol. The first-order chi connectivity index (χ1) is 9.38. The average Bonchev–Trinajstić information content (AvgIpc) is 2.47. The lowest BCUT2D eigenvalue weighted by Crippen LogP contribution is -2.31. The van der Waals surface area contributed by atoms with Crippen molar-refractivity contribution in [3.63, 3.8) is 0 Å². The van der Waals surface area contributed by atoms with E-state index in [1.54, 1.807) is 0 Å². The summed E-state index contributed by atoms with van der Waals surface area (Å²) < 4.78 is 0. The van der Waals surface area contributed by atoms with Crippen LogP contribution in [0.3, 0.4) is 0 Å². The van der Waals surface area contributed by atoms with Gasteiger partial charge in [0.15, 0.2) is 0 Å². The number of benzene rings is 1. The van der Waals surface area contributed by atoms with Crippen molar-refractivity contribution >= 4 is 0 Å². The highest BCUT2D eigenvalue weighted by atomic mass is 14.9. The summed E-state index contributed by atoms with van der Waals surface area (Å²) in [7, 11) is 0. The third kappa shape index (κ3) is 4.84. The Kier molecular flexibility index (Phi) is 5.57. The molecule has 1 aromatic heterocycles. The predicted octanol–water partition coefficient (Wildman–Crippen LogP) is 3.24. The second-order valence-corrected chi connectivity index (χ2v) is 4.80. The van der Waals surface area contributed by atoms with E-state index in [2.05, 4.69) is 59.7 Å². The molecule has 2 nitrogen and oxygen atoms in total. The highest BCUT2D eigenvalue weighted by molar-refractivity contribution is 5.15. The van der Waals surface area contributed by atoms with Crippen LogP contribution in [0.5, 0.6) is 0 Å². The summed E-state index contributed by atoms with van der Waals surface area (Å²) in [5.74, 6) is 0. The van der Waals surface area contributed by atoms with Crippen LogP contribution in [0.25, 0.3) is 0 Å². The first-order valence-corrected chi connectivity index (χ1v) is 7.05. The van der Waals surface area contributed by atoms with Crippen LogP contribution in [0, 0.1) is 0 Å². The molecule has 1 N–H and O–H groups in total. The van der Waals surface area contributed by atoms with Crippen molar-refractivity contribution in [1.82, 2.24) is 10.3 Å². The van der Waals surface area contributed by atoms with Crippen LogP contribution in [-0.4, -0.2) is 17.6 Å². The van der Waals surface area contributed by atoms with Crippen molar-refractivity contribution in [2.24, 2.45) is 0 Å². The normalized spacial score (nSPS) is 12.3. The molecule has 2 heteroatoms. The highest BCUT2D eigenvalue weighted by Gasteiger charge is 2.09. The molecule has 0 aliphatic heterocycles. The average molecular weight is 254 g/mol. The minimum atomic E-state index is 0.500. The summed E-state index contributed by atoms with van der Waals surface area (Å²) in [6, 6.07) is 17.3. The topological polar surface area (TPSA) is 24.9 Å². The molecule has 19 heavy (non-hydrogen) atoms. The van der Waals surface area contributed by atoms with E-state index in [4.69, 9.17) is 0 Å². The minimum Gasteiger partial charge on any atom is -0.314 e. The Balaban J connectivity index is 1.89. The Morgan fingerprint density at radius 2 is 1.84 bits per heavy atom. The maximum atomic E-state index is 4.42. The van der Waals surface area contributed by atoms with Gasteiger partial charge in [0.05, 0.1) is 0 Å². The van der Waals surface area contributed by atoms with E-state index in [1.165, 1.54) is 11.3 Å². The van der Waals surface area contributed by atoms with E-state index >= 15 is 0 Å². The van der Waals surface area contributed by atoms with Gasteiger partial charge in [-0.2, -0.15) is 0 Å². The van der Waals surface area contributed by atoms with Crippen LogP contribution in [0.1, 0.15) is 24.6 Å². The molecule has 1 aromatic carbocycles. The van der Waals surface area contributed by atoms with E-state index in [9.17, 15) is 0 Å². The van der Waals surface area contributed by atoms with Gasteiger partial charge in [-0.15, -0.1) is 0 Å². The molecule has 2 aromatic rings. The molecule has 1 heterocycles. The molecule has 0 spiro atoms. The van der Waals surface area contributed by atoms with E-state index in [1.807, 2.05) is 12.3 Å². The summed E-state index contributed by atoms with van der Waals surface area (Å²) in [6.45, 7) is 3.17. The fraction of sp³-hybridized carbons (Fsp3) is 0.353. The van der Waals surface area contributed by atoms with Crippen LogP contribution in [0.15, 0.2) is 54.7 Å². The first-order valence-electron chi connectivity index (χ1n) is 7.05. The molecule has 0 radical (unpaired) electrons. The maximum absolute atomic E-state index is 4.42. The number of nitrogens with zero attached hydrogens (tertiary/aromatic N) is 1. The van der Waals surface area contributed by atoms with Gasteiger partial charge in [-0.3, -0.25) is 4.98 Å². The van der Waals surface area contributed by atoms with Crippen LogP contribution in [0.2, 0.25) is 0 Å². The van der Waals surface area contributed by atoms with Gasteiger partial charge in [-0.25, -0.2) is 0 Å². The molecule has 2 rings (SSSR count). The van der Waals surface area contributed by atoms with Crippen LogP contribution >= 0.6 is 0 Å². The van der Waals surface area contributed by atoms with Gasteiger partial charge in [0, 0.05) is 24.4 Å². The fourth-order valence-electron chi connectivity index (χ4n) is 2.32. The Morgan fingerprint density at radius 3 is 2.53 bits per heavy atom. The van der Waals surface area contributed by atoms with Crippen molar-refractivity contribution in [1.29, 1.82) is 0 Å². The van der Waals surface area contributed by atoms with E-state index in [-0.39, 0.29) is 0 Å². The third-order valence-corrected chi connectivity index (χ3v) is 3.30. The second kappa shape index (κ2) is 7.70. The molecule has 1 atom stereocenters. The molecular weight excluding hydrogens is 232 g/mol. The Bertz CT molecular complexity index is 453. The maximum Gasteiger partial charge on any atom is 0.0419 e. The second-order valence-electron chi connectivity index (χ2n) is 4.80. The summed E-state index contributed by atoms with van der Waals surface area (Å²) in [5, 5.41) is 3.56. The van der Waals surface area contributed by atoms with E-state index < -0.39 is 0 Å². The van der Waals surface area contributed by atoms with Gasteiger partial charge in [-0.1, -0.05) is 43.3 Å². The molecule has 0 saturated heterocycles. The molecule has 0 bridgehead atoms. The third-order valence-electron chi connectivity index (χ3n) is 3.30. The van der Waals surface area contributed by atoms with Gasteiger partial charge in [0.25, 0.3) is 0 Å². The number of rotatable bonds is 7. The first kappa shape index (κ1) is 13.8. The molecule has 0 saturated carbocycles. The Morgan fingerprint density at radius 1 is 1.05 bits per heavy atom. The van der Waals surface area contributed by atoms with Crippen molar-refractivity contribution in [2.45, 2.75) is 32.2 Å². The molecule has 0 fully saturated rings. The van der Waals surface area contributed by atoms with Crippen molar-refractivity contribution in [3.05, 3.63) is 66.0 Å². The monoisotopic (exact) mass is 254 g/mol. The zero-order valence-corrected chi connectivity index (χ0v) is 11.5. The molecule has 1 unspecified atom stereocenters. The van der Waals surface area contributed by atoms with Gasteiger partial charge in [0.1, 0.15) is 0 Å². The number of hydrogen-bond donors (Lipinski definition) is 1. The van der Waals surface area contributed by atoms with Crippen LogP contribution < -0.4 is 5.32 Å². The number of aromatic nitrogens is 1. The van der Waals surface area contributed by atoms with Gasteiger partial charge in [-0.05, 0) is 37.1 Å². The van der Waals surface area contributed by atoms with Crippen molar-refractivity contribution in [3.8, 4) is 0 Å². The van der Waals surface area contributed by atoms with Gasteiger partial charge in [0.2, 0.25) is 0 Å². The Hall–Kier alpha value is -1.67. The number of nitrogens with one attached hydrogen (secondary N) is 1. The lowest BCUT2D eigenvalue weighted by molar-refractivity contribution is 0.487. The number of likely N-dealkylation sites (N-methyl/N-ethyl adjacent to an activating group) is 1. The number of pyridine rings is 1. The molecule has 100 valence electrons. The minimum absolute atomic E-state index is 0.500. The SMILES string of the molecule is CCNC(CCc1ccccc1)Cc1ccccn1. The Labute approximate surface area is 115 Å². The van der Waals surface area contributed by atoms with E-state index in [0.717, 1.165) is 25.8 Å². The van der Waals surface area contributed by atoms with Crippen molar-refractivity contribution in [2.75, 3.05) is 6.54 Å². The van der Waals surface area contributed by atoms with Crippen molar-refractivity contribution < 1.29 is 0 Å². The van der Waals surface area contributed by atoms with Gasteiger partial charge >= 0.3 is 0 Å². The molecule has 0 aliphatic rings. The fourth-order valence-corrected chi connectivity index (χ4v) is 2.32. The van der Waals surface area contributed by atoms with E-state index in [0.29, 0.717) is 6.04 Å². The zero-order chi connectivity index (χ0) is 13.3. The van der Waals surface area contributed by atoms with Crippen LogP contribution in [-0.2, 0) is 12.8 Å².